The van der Waals surface area contributed by atoms with Crippen molar-refractivity contribution in [3.63, 3.8) is 0 Å². The van der Waals surface area contributed by atoms with E-state index in [1.54, 1.807) is 35.0 Å². The Hall–Kier alpha value is -3.44. The molecule has 1 amide bonds. The molecule has 31 heavy (non-hydrogen) atoms. The number of anilines is 1. The monoisotopic (exact) mass is 434 g/mol. The van der Waals surface area contributed by atoms with E-state index >= 15 is 0 Å². The van der Waals surface area contributed by atoms with Crippen LogP contribution < -0.4 is 5.32 Å². The molecule has 8 heteroatoms. The molecule has 158 valence electrons. The molecular weight excluding hydrogens is 412 g/mol. The maximum atomic E-state index is 12.9. The Morgan fingerprint density at radius 3 is 2.65 bits per heavy atom. The first-order valence-corrected chi connectivity index (χ1v) is 11.8. The van der Waals surface area contributed by atoms with Crippen molar-refractivity contribution in [3.8, 4) is 17.3 Å². The Morgan fingerprint density at radius 2 is 1.97 bits per heavy atom. The lowest BCUT2D eigenvalue weighted by Gasteiger charge is -2.14. The first-order valence-electron chi connectivity index (χ1n) is 9.95. The highest BCUT2D eigenvalue weighted by atomic mass is 32.2. The molecular formula is C23H22N4O3S. The van der Waals surface area contributed by atoms with E-state index in [9.17, 15) is 13.2 Å². The standard InChI is InChI=1S/C23H22N4O3S/c1-15-6-7-18(10-16(15)2)22-12-21(26-27(22)20-8-9-31(29,30)14-20)23(28)25-19-5-3-4-17(11-19)13-24/h3-7,10-12,20H,8-9,14H2,1-2H3,(H,25,28)/t20-/m0/s1. The van der Waals surface area contributed by atoms with Crippen molar-refractivity contribution < 1.29 is 13.2 Å². The molecule has 0 aliphatic carbocycles. The number of nitrogens with one attached hydrogen (secondary N) is 1. The van der Waals surface area contributed by atoms with E-state index in [4.69, 9.17) is 5.26 Å². The van der Waals surface area contributed by atoms with E-state index in [0.29, 0.717) is 23.4 Å². The summed E-state index contributed by atoms with van der Waals surface area (Å²) in [6, 6.07) is 16.0. The zero-order chi connectivity index (χ0) is 22.2. The summed E-state index contributed by atoms with van der Waals surface area (Å²) < 4.78 is 25.8. The van der Waals surface area contributed by atoms with E-state index in [1.165, 1.54) is 0 Å². The van der Waals surface area contributed by atoms with Crippen LogP contribution in [0.15, 0.2) is 48.5 Å². The van der Waals surface area contributed by atoms with E-state index < -0.39 is 15.7 Å². The SMILES string of the molecule is Cc1ccc(-c2cc(C(=O)Nc3cccc(C#N)c3)nn2[C@H]2CCS(=O)(=O)C2)cc1C. The van der Waals surface area contributed by atoms with Gasteiger partial charge in [0.1, 0.15) is 0 Å². The predicted octanol–water partition coefficient (Wildman–Crippen LogP) is 3.65. The fourth-order valence-electron chi connectivity index (χ4n) is 3.73. The van der Waals surface area contributed by atoms with Crippen LogP contribution in [0.4, 0.5) is 5.69 Å². The minimum Gasteiger partial charge on any atom is -0.321 e. The number of amides is 1. The van der Waals surface area contributed by atoms with E-state index in [-0.39, 0.29) is 23.2 Å². The molecule has 0 saturated carbocycles. The number of carbonyl (C=O) groups excluding carboxylic acids is 1. The quantitative estimate of drug-likeness (QED) is 0.675. The van der Waals surface area contributed by atoms with Gasteiger partial charge in [0, 0.05) is 11.3 Å². The van der Waals surface area contributed by atoms with Gasteiger partial charge in [-0.3, -0.25) is 9.48 Å². The van der Waals surface area contributed by atoms with Gasteiger partial charge in [0.2, 0.25) is 0 Å². The number of nitriles is 1. The van der Waals surface area contributed by atoms with Gasteiger partial charge in [-0.25, -0.2) is 8.42 Å². The van der Waals surface area contributed by atoms with Gasteiger partial charge < -0.3 is 5.32 Å². The fourth-order valence-corrected chi connectivity index (χ4v) is 5.42. The zero-order valence-corrected chi connectivity index (χ0v) is 18.1. The molecule has 1 aliphatic heterocycles. The first kappa shape index (κ1) is 20.8. The number of nitrogens with zero attached hydrogens (tertiary/aromatic N) is 3. The molecule has 1 saturated heterocycles. The lowest BCUT2D eigenvalue weighted by molar-refractivity contribution is 0.102. The third-order valence-electron chi connectivity index (χ3n) is 5.57. The van der Waals surface area contributed by atoms with Crippen molar-refractivity contribution >= 4 is 21.4 Å². The molecule has 7 nitrogen and oxygen atoms in total. The molecule has 1 aliphatic rings. The van der Waals surface area contributed by atoms with Crippen molar-refractivity contribution in [1.82, 2.24) is 9.78 Å². The largest absolute Gasteiger partial charge is 0.321 e. The van der Waals surface area contributed by atoms with Crippen molar-refractivity contribution in [1.29, 1.82) is 5.26 Å². The Bertz CT molecular complexity index is 1320. The van der Waals surface area contributed by atoms with Gasteiger partial charge in [0.25, 0.3) is 5.91 Å². The predicted molar refractivity (Wildman–Crippen MR) is 119 cm³/mol. The van der Waals surface area contributed by atoms with Crippen LogP contribution >= 0.6 is 0 Å². The second kappa shape index (κ2) is 8.00. The molecule has 2 aromatic carbocycles. The van der Waals surface area contributed by atoms with Crippen LogP contribution in [0.2, 0.25) is 0 Å². The Labute approximate surface area is 181 Å². The van der Waals surface area contributed by atoms with E-state index in [2.05, 4.69) is 10.4 Å². The molecule has 0 spiro atoms. The average Bonchev–Trinajstić information content (AvgIpc) is 3.33. The van der Waals surface area contributed by atoms with Crippen LogP contribution in [0.1, 0.15) is 39.6 Å². The van der Waals surface area contributed by atoms with Crippen molar-refractivity contribution in [2.45, 2.75) is 26.3 Å². The minimum absolute atomic E-state index is 0.0117. The number of rotatable bonds is 4. The van der Waals surface area contributed by atoms with Crippen LogP contribution in [0.25, 0.3) is 11.3 Å². The van der Waals surface area contributed by atoms with E-state index in [0.717, 1.165) is 16.7 Å². The van der Waals surface area contributed by atoms with Gasteiger partial charge in [-0.05, 0) is 61.7 Å². The van der Waals surface area contributed by atoms with Crippen molar-refractivity contribution in [2.24, 2.45) is 0 Å². The summed E-state index contributed by atoms with van der Waals surface area (Å²) in [6.45, 7) is 4.03. The Morgan fingerprint density at radius 1 is 1.16 bits per heavy atom. The van der Waals surface area contributed by atoms with Gasteiger partial charge in [-0.1, -0.05) is 18.2 Å². The molecule has 1 atom stereocenters. The number of hydrogen-bond donors (Lipinski definition) is 1. The number of carbonyl (C=O) groups is 1. The van der Waals surface area contributed by atoms with Crippen LogP contribution in [0, 0.1) is 25.2 Å². The second-order valence-corrected chi connectivity index (χ2v) is 10.1. The molecule has 4 rings (SSSR count). The Kier molecular flexibility index (Phi) is 5.38. The van der Waals surface area contributed by atoms with E-state index in [1.807, 2.05) is 38.1 Å². The van der Waals surface area contributed by atoms with Gasteiger partial charge in [0.15, 0.2) is 15.5 Å². The highest BCUT2D eigenvalue weighted by Gasteiger charge is 2.32. The second-order valence-electron chi connectivity index (χ2n) is 7.86. The number of sulfone groups is 1. The fraction of sp³-hybridized carbons (Fsp3) is 0.261. The first-order chi connectivity index (χ1) is 14.8. The highest BCUT2D eigenvalue weighted by molar-refractivity contribution is 7.91. The van der Waals surface area contributed by atoms with Crippen molar-refractivity contribution in [3.05, 3.63) is 70.9 Å². The summed E-state index contributed by atoms with van der Waals surface area (Å²) in [5.74, 6) is -0.288. The molecule has 1 fully saturated rings. The Balaban J connectivity index is 1.72. The number of aryl methyl sites for hydroxylation is 2. The van der Waals surface area contributed by atoms with Crippen LogP contribution in [-0.2, 0) is 9.84 Å². The molecule has 0 unspecified atom stereocenters. The van der Waals surface area contributed by atoms with Crippen molar-refractivity contribution in [2.75, 3.05) is 16.8 Å². The van der Waals surface area contributed by atoms with Crippen LogP contribution in [-0.4, -0.2) is 35.6 Å². The summed E-state index contributed by atoms with van der Waals surface area (Å²) >= 11 is 0. The lowest BCUT2D eigenvalue weighted by atomic mass is 10.0. The zero-order valence-electron chi connectivity index (χ0n) is 17.3. The summed E-state index contributed by atoms with van der Waals surface area (Å²) in [5, 5.41) is 16.3. The molecule has 0 bridgehead atoms. The summed E-state index contributed by atoms with van der Waals surface area (Å²) in [4.78, 5) is 12.9. The number of aromatic nitrogens is 2. The highest BCUT2D eigenvalue weighted by Crippen LogP contribution is 2.31. The summed E-state index contributed by atoms with van der Waals surface area (Å²) in [7, 11) is -3.12. The number of benzene rings is 2. The van der Waals surface area contributed by atoms with Gasteiger partial charge in [-0.2, -0.15) is 10.4 Å². The number of hydrogen-bond acceptors (Lipinski definition) is 5. The van der Waals surface area contributed by atoms with Crippen LogP contribution in [0.3, 0.4) is 0 Å². The molecule has 3 aromatic rings. The smallest absolute Gasteiger partial charge is 0.276 e. The lowest BCUT2D eigenvalue weighted by Crippen LogP contribution is -2.16. The van der Waals surface area contributed by atoms with Crippen LogP contribution in [0.5, 0.6) is 0 Å². The van der Waals surface area contributed by atoms with Gasteiger partial charge in [0.05, 0.1) is 34.9 Å². The normalized spacial score (nSPS) is 17.3. The topological polar surface area (TPSA) is 105 Å². The third kappa shape index (κ3) is 4.37. The average molecular weight is 435 g/mol. The maximum absolute atomic E-state index is 12.9. The molecule has 1 aromatic heterocycles. The summed E-state index contributed by atoms with van der Waals surface area (Å²) in [5.41, 5.74) is 4.97. The van der Waals surface area contributed by atoms with Gasteiger partial charge in [-0.15, -0.1) is 0 Å². The minimum atomic E-state index is -3.12. The third-order valence-corrected chi connectivity index (χ3v) is 7.33. The molecule has 2 heterocycles. The molecule has 0 radical (unpaired) electrons. The molecule has 1 N–H and O–H groups in total. The summed E-state index contributed by atoms with van der Waals surface area (Å²) in [6.07, 6.45) is 0.465. The van der Waals surface area contributed by atoms with Gasteiger partial charge >= 0.3 is 0 Å². The maximum Gasteiger partial charge on any atom is 0.276 e.